The molecule has 1 fully saturated rings. The van der Waals surface area contributed by atoms with Crippen LogP contribution in [0.15, 0.2) is 48.1 Å². The van der Waals surface area contributed by atoms with Gasteiger partial charge in [-0.3, -0.25) is 4.98 Å². The Bertz CT molecular complexity index is 623. The van der Waals surface area contributed by atoms with Gasteiger partial charge in [0.05, 0.1) is 5.69 Å². The van der Waals surface area contributed by atoms with Crippen molar-refractivity contribution in [3.05, 3.63) is 59.4 Å². The molecule has 0 saturated heterocycles. The highest BCUT2D eigenvalue weighted by atomic mass is 14.7. The van der Waals surface area contributed by atoms with E-state index < -0.39 is 0 Å². The first-order valence-corrected chi connectivity index (χ1v) is 7.81. The van der Waals surface area contributed by atoms with Gasteiger partial charge in [-0.1, -0.05) is 37.3 Å². The minimum atomic E-state index is 0.296. The average molecular weight is 275 g/mol. The molecule has 3 rings (SSSR count). The molecule has 21 heavy (non-hydrogen) atoms. The number of pyridine rings is 1. The minimum Gasteiger partial charge on any atom is -0.256 e. The molecule has 0 aliphatic heterocycles. The fourth-order valence-corrected chi connectivity index (χ4v) is 3.74. The molecule has 0 aromatic carbocycles. The third-order valence-corrected chi connectivity index (χ3v) is 5.04. The minimum absolute atomic E-state index is 0.296. The Balaban J connectivity index is 2.01. The quantitative estimate of drug-likeness (QED) is 0.586. The Morgan fingerprint density at radius 2 is 2.14 bits per heavy atom. The zero-order valence-electron chi connectivity index (χ0n) is 13.1. The Morgan fingerprint density at radius 3 is 2.71 bits per heavy atom. The first kappa shape index (κ1) is 14.4. The summed E-state index contributed by atoms with van der Waals surface area (Å²) in [6.07, 6.45) is 13.1. The SMILES string of the molecule is [B]C1=CCC(C2(C=CC)CC2C)C(c2ccc(C)cn2)=C1. The molecule has 2 aliphatic rings. The van der Waals surface area contributed by atoms with Gasteiger partial charge in [-0.15, -0.1) is 5.47 Å². The summed E-state index contributed by atoms with van der Waals surface area (Å²) in [6.45, 7) is 6.54. The molecular weight excluding hydrogens is 253 g/mol. The third-order valence-electron chi connectivity index (χ3n) is 5.04. The number of hydrogen-bond donors (Lipinski definition) is 0. The van der Waals surface area contributed by atoms with E-state index in [1.165, 1.54) is 17.6 Å². The monoisotopic (exact) mass is 275 g/mol. The summed E-state index contributed by atoms with van der Waals surface area (Å²) >= 11 is 0. The summed E-state index contributed by atoms with van der Waals surface area (Å²) in [7, 11) is 6.07. The fourth-order valence-electron chi connectivity index (χ4n) is 3.74. The second-order valence-corrected chi connectivity index (χ2v) is 6.53. The number of aryl methyl sites for hydroxylation is 1. The van der Waals surface area contributed by atoms with Crippen molar-refractivity contribution in [1.82, 2.24) is 4.98 Å². The van der Waals surface area contributed by atoms with Crippen LogP contribution in [0.4, 0.5) is 0 Å². The zero-order chi connectivity index (χ0) is 15.0. The van der Waals surface area contributed by atoms with Crippen LogP contribution in [0, 0.1) is 24.2 Å². The molecule has 2 radical (unpaired) electrons. The van der Waals surface area contributed by atoms with Crippen molar-refractivity contribution < 1.29 is 0 Å². The van der Waals surface area contributed by atoms with E-state index in [0.29, 0.717) is 11.3 Å². The Kier molecular flexibility index (Phi) is 3.65. The highest BCUT2D eigenvalue weighted by molar-refractivity contribution is 6.24. The van der Waals surface area contributed by atoms with Crippen molar-refractivity contribution >= 4 is 13.4 Å². The van der Waals surface area contributed by atoms with Crippen LogP contribution in [0.25, 0.3) is 5.57 Å². The largest absolute Gasteiger partial charge is 0.256 e. The molecule has 0 amide bonds. The fraction of sp³-hybridized carbons (Fsp3) is 0.421. The average Bonchev–Trinajstić information content (AvgIpc) is 3.11. The van der Waals surface area contributed by atoms with Gasteiger partial charge in [-0.2, -0.15) is 0 Å². The second kappa shape index (κ2) is 5.33. The van der Waals surface area contributed by atoms with E-state index in [1.807, 2.05) is 6.20 Å². The number of aromatic nitrogens is 1. The zero-order valence-corrected chi connectivity index (χ0v) is 13.1. The van der Waals surface area contributed by atoms with E-state index in [4.69, 9.17) is 7.85 Å². The van der Waals surface area contributed by atoms with Gasteiger partial charge in [0.2, 0.25) is 0 Å². The van der Waals surface area contributed by atoms with Crippen molar-refractivity contribution in [1.29, 1.82) is 0 Å². The van der Waals surface area contributed by atoms with Gasteiger partial charge in [-0.05, 0) is 61.1 Å². The van der Waals surface area contributed by atoms with Gasteiger partial charge < -0.3 is 0 Å². The van der Waals surface area contributed by atoms with Crippen molar-refractivity contribution in [2.45, 2.75) is 33.6 Å². The molecule has 1 nitrogen and oxygen atoms in total. The van der Waals surface area contributed by atoms with E-state index in [-0.39, 0.29) is 0 Å². The molecule has 0 N–H and O–H groups in total. The Morgan fingerprint density at radius 1 is 1.38 bits per heavy atom. The van der Waals surface area contributed by atoms with Crippen LogP contribution < -0.4 is 0 Å². The lowest BCUT2D eigenvalue weighted by Crippen LogP contribution is -2.20. The van der Waals surface area contributed by atoms with Gasteiger partial charge in [0, 0.05) is 6.20 Å². The first-order valence-electron chi connectivity index (χ1n) is 7.81. The molecule has 1 heterocycles. The summed E-state index contributed by atoms with van der Waals surface area (Å²) in [5.74, 6) is 1.23. The number of nitrogens with zero attached hydrogens (tertiary/aromatic N) is 1. The lowest BCUT2D eigenvalue weighted by atomic mass is 9.72. The highest BCUT2D eigenvalue weighted by Crippen LogP contribution is 2.63. The van der Waals surface area contributed by atoms with E-state index in [2.05, 4.69) is 62.2 Å². The lowest BCUT2D eigenvalue weighted by molar-refractivity contribution is 0.437. The predicted octanol–water partition coefficient (Wildman–Crippen LogP) is 4.45. The van der Waals surface area contributed by atoms with E-state index in [9.17, 15) is 0 Å². The number of allylic oxidation sites excluding steroid dienone is 6. The van der Waals surface area contributed by atoms with Crippen molar-refractivity contribution in [2.24, 2.45) is 17.3 Å². The highest BCUT2D eigenvalue weighted by Gasteiger charge is 2.55. The summed E-state index contributed by atoms with van der Waals surface area (Å²) in [5, 5.41) is 0. The maximum atomic E-state index is 6.07. The molecule has 2 aliphatic carbocycles. The maximum absolute atomic E-state index is 6.07. The number of hydrogen-bond acceptors (Lipinski definition) is 1. The van der Waals surface area contributed by atoms with Crippen LogP contribution in [0.5, 0.6) is 0 Å². The molecule has 3 atom stereocenters. The van der Waals surface area contributed by atoms with Crippen molar-refractivity contribution in [3.63, 3.8) is 0 Å². The van der Waals surface area contributed by atoms with Crippen LogP contribution in [-0.2, 0) is 0 Å². The van der Waals surface area contributed by atoms with Crippen molar-refractivity contribution in [3.8, 4) is 0 Å². The molecule has 2 heteroatoms. The summed E-state index contributed by atoms with van der Waals surface area (Å²) in [5.41, 5.74) is 4.73. The van der Waals surface area contributed by atoms with Gasteiger partial charge in [0.25, 0.3) is 0 Å². The van der Waals surface area contributed by atoms with E-state index in [1.54, 1.807) is 0 Å². The lowest BCUT2D eigenvalue weighted by Gasteiger charge is -2.30. The van der Waals surface area contributed by atoms with Crippen molar-refractivity contribution in [2.75, 3.05) is 0 Å². The molecule has 0 bridgehead atoms. The van der Waals surface area contributed by atoms with Crippen LogP contribution >= 0.6 is 0 Å². The second-order valence-electron chi connectivity index (χ2n) is 6.53. The predicted molar refractivity (Wildman–Crippen MR) is 89.9 cm³/mol. The van der Waals surface area contributed by atoms with Crippen LogP contribution in [0.3, 0.4) is 0 Å². The smallest absolute Gasteiger partial charge is 0.113 e. The molecule has 1 aromatic heterocycles. The topological polar surface area (TPSA) is 12.9 Å². The molecule has 106 valence electrons. The molecule has 3 unspecified atom stereocenters. The Hall–Kier alpha value is -1.57. The molecule has 1 aromatic rings. The molecule has 1 saturated carbocycles. The number of rotatable bonds is 3. The van der Waals surface area contributed by atoms with E-state index >= 15 is 0 Å². The van der Waals surface area contributed by atoms with Gasteiger partial charge in [0.1, 0.15) is 7.85 Å². The first-order chi connectivity index (χ1) is 10.1. The van der Waals surface area contributed by atoms with Crippen LogP contribution in [0.2, 0.25) is 0 Å². The molecule has 0 spiro atoms. The van der Waals surface area contributed by atoms with Gasteiger partial charge >= 0.3 is 0 Å². The van der Waals surface area contributed by atoms with E-state index in [0.717, 1.165) is 23.5 Å². The van der Waals surface area contributed by atoms with Crippen LogP contribution in [0.1, 0.15) is 37.9 Å². The van der Waals surface area contributed by atoms with Crippen LogP contribution in [-0.4, -0.2) is 12.8 Å². The Labute approximate surface area is 129 Å². The summed E-state index contributed by atoms with van der Waals surface area (Å²) < 4.78 is 0. The van der Waals surface area contributed by atoms with Gasteiger partial charge in [-0.25, -0.2) is 0 Å². The summed E-state index contributed by atoms with van der Waals surface area (Å²) in [6, 6.07) is 4.26. The maximum Gasteiger partial charge on any atom is 0.113 e. The standard InChI is InChI=1S/C19H22BN/c1-4-9-19(11-14(19)3)17-7-6-15(20)10-16(17)18-8-5-13(2)12-21-18/h4-6,8-10,12,14,17H,7,11H2,1-3H3. The third kappa shape index (κ3) is 2.52. The molecular formula is C19H22BN. The van der Waals surface area contributed by atoms with Gasteiger partial charge in [0.15, 0.2) is 0 Å². The summed E-state index contributed by atoms with van der Waals surface area (Å²) in [4.78, 5) is 4.64. The normalized spacial score (nSPS) is 32.0.